The molecular weight excluding hydrogens is 256 g/mol. The average molecular weight is 281 g/mol. The lowest BCUT2D eigenvalue weighted by molar-refractivity contribution is -0.368. The van der Waals surface area contributed by atoms with Gasteiger partial charge in [-0.1, -0.05) is 38.5 Å². The topological polar surface area (TPSA) is 32.6 Å². The maximum absolute atomic E-state index is 3.97. The van der Waals surface area contributed by atoms with Gasteiger partial charge in [0.15, 0.2) is 0 Å². The number of hydrogen-bond acceptors (Lipinski definition) is 0. The van der Waals surface area contributed by atoms with Crippen LogP contribution in [0.3, 0.4) is 0 Å². The SMILES string of the molecule is CCCc1c(CC)c2ccccc2n1CCC[NH3+].[Cl-]. The summed E-state index contributed by atoms with van der Waals surface area (Å²) in [7, 11) is 0. The van der Waals surface area contributed by atoms with Gasteiger partial charge in [-0.05, 0) is 24.5 Å². The Morgan fingerprint density at radius 3 is 2.53 bits per heavy atom. The molecule has 0 radical (unpaired) electrons. The summed E-state index contributed by atoms with van der Waals surface area (Å²) in [5, 5.41) is 1.45. The lowest BCUT2D eigenvalue weighted by Crippen LogP contribution is -3.00. The lowest BCUT2D eigenvalue weighted by Gasteiger charge is -2.10. The van der Waals surface area contributed by atoms with E-state index in [-0.39, 0.29) is 12.4 Å². The number of hydrogen-bond donors (Lipinski definition) is 1. The fraction of sp³-hybridized carbons (Fsp3) is 0.500. The molecule has 1 aromatic carbocycles. The van der Waals surface area contributed by atoms with E-state index in [2.05, 4.69) is 48.4 Å². The standard InChI is InChI=1S/C16H24N2.ClH/c1-3-8-15-13(4-2)14-9-5-6-10-16(14)18(15)12-7-11-17;/h5-6,9-10H,3-4,7-8,11-12,17H2,1-2H3;1H. The van der Waals surface area contributed by atoms with E-state index in [0.717, 1.165) is 19.5 Å². The van der Waals surface area contributed by atoms with Gasteiger partial charge in [-0.25, -0.2) is 0 Å². The summed E-state index contributed by atoms with van der Waals surface area (Å²) in [6.45, 7) is 6.66. The highest BCUT2D eigenvalue weighted by Gasteiger charge is 2.14. The molecule has 2 aromatic rings. The molecule has 1 aromatic heterocycles. The summed E-state index contributed by atoms with van der Waals surface area (Å²) in [5.41, 5.74) is 8.48. The second-order valence-electron chi connectivity index (χ2n) is 4.90. The molecule has 0 aliphatic heterocycles. The number of aryl methyl sites for hydroxylation is 2. The predicted molar refractivity (Wildman–Crippen MR) is 77.7 cm³/mol. The second-order valence-corrected chi connectivity index (χ2v) is 4.90. The van der Waals surface area contributed by atoms with Gasteiger partial charge in [0.05, 0.1) is 6.54 Å². The molecule has 2 rings (SSSR count). The van der Waals surface area contributed by atoms with Crippen molar-refractivity contribution in [1.29, 1.82) is 0 Å². The minimum absolute atomic E-state index is 0. The number of halogens is 1. The van der Waals surface area contributed by atoms with Crippen molar-refractivity contribution in [3.8, 4) is 0 Å². The zero-order valence-corrected chi connectivity index (χ0v) is 12.8. The summed E-state index contributed by atoms with van der Waals surface area (Å²) < 4.78 is 2.53. The third kappa shape index (κ3) is 3.13. The Kier molecular flexibility index (Phi) is 6.40. The first-order valence-electron chi connectivity index (χ1n) is 7.21. The average Bonchev–Trinajstić information content (AvgIpc) is 2.70. The zero-order valence-electron chi connectivity index (χ0n) is 12.1. The first kappa shape index (κ1) is 16.1. The molecule has 2 nitrogen and oxygen atoms in total. The van der Waals surface area contributed by atoms with Crippen LogP contribution in [0.25, 0.3) is 10.9 Å². The molecule has 0 saturated heterocycles. The monoisotopic (exact) mass is 280 g/mol. The van der Waals surface area contributed by atoms with Gasteiger partial charge in [0, 0.05) is 29.6 Å². The van der Waals surface area contributed by atoms with Crippen LogP contribution in [0.2, 0.25) is 0 Å². The highest BCUT2D eigenvalue weighted by atomic mass is 35.5. The third-order valence-electron chi connectivity index (χ3n) is 3.67. The van der Waals surface area contributed by atoms with Crippen LogP contribution >= 0.6 is 0 Å². The minimum atomic E-state index is 0. The third-order valence-corrected chi connectivity index (χ3v) is 3.67. The molecule has 19 heavy (non-hydrogen) atoms. The van der Waals surface area contributed by atoms with Crippen LogP contribution in [0.15, 0.2) is 24.3 Å². The fourth-order valence-electron chi connectivity index (χ4n) is 2.87. The van der Waals surface area contributed by atoms with Crippen molar-refractivity contribution in [3.63, 3.8) is 0 Å². The Balaban J connectivity index is 0.00000180. The van der Waals surface area contributed by atoms with Crippen molar-refractivity contribution in [2.45, 2.75) is 46.1 Å². The van der Waals surface area contributed by atoms with E-state index in [4.69, 9.17) is 0 Å². The van der Waals surface area contributed by atoms with E-state index in [1.54, 1.807) is 11.3 Å². The minimum Gasteiger partial charge on any atom is -1.00 e. The Bertz CT molecular complexity index is 517. The summed E-state index contributed by atoms with van der Waals surface area (Å²) >= 11 is 0. The van der Waals surface area contributed by atoms with Gasteiger partial charge in [0.1, 0.15) is 0 Å². The number of benzene rings is 1. The largest absolute Gasteiger partial charge is 1.00 e. The van der Waals surface area contributed by atoms with Crippen LogP contribution in [0.1, 0.15) is 37.9 Å². The van der Waals surface area contributed by atoms with Gasteiger partial charge in [0.2, 0.25) is 0 Å². The molecule has 0 amide bonds. The van der Waals surface area contributed by atoms with Crippen LogP contribution in [0.4, 0.5) is 0 Å². The van der Waals surface area contributed by atoms with Crippen molar-refractivity contribution in [3.05, 3.63) is 35.5 Å². The van der Waals surface area contributed by atoms with Crippen molar-refractivity contribution in [2.24, 2.45) is 0 Å². The van der Waals surface area contributed by atoms with Crippen LogP contribution in [-0.2, 0) is 19.4 Å². The molecule has 0 spiro atoms. The predicted octanol–water partition coefficient (Wildman–Crippen LogP) is -0.208. The van der Waals surface area contributed by atoms with Gasteiger partial charge >= 0.3 is 0 Å². The van der Waals surface area contributed by atoms with E-state index in [1.165, 1.54) is 30.2 Å². The maximum Gasteiger partial charge on any atom is 0.0757 e. The van der Waals surface area contributed by atoms with E-state index < -0.39 is 0 Å². The molecule has 0 atom stereocenters. The van der Waals surface area contributed by atoms with Gasteiger partial charge < -0.3 is 22.7 Å². The van der Waals surface area contributed by atoms with Crippen molar-refractivity contribution < 1.29 is 18.1 Å². The molecule has 0 bridgehead atoms. The number of aromatic nitrogens is 1. The molecular formula is C16H25ClN2. The molecule has 0 aliphatic carbocycles. The normalized spacial score (nSPS) is 10.7. The van der Waals surface area contributed by atoms with Gasteiger partial charge in [0.25, 0.3) is 0 Å². The molecule has 3 N–H and O–H groups in total. The second kappa shape index (κ2) is 7.56. The first-order chi connectivity index (χ1) is 8.83. The molecule has 106 valence electrons. The van der Waals surface area contributed by atoms with Crippen LogP contribution in [0.5, 0.6) is 0 Å². The fourth-order valence-corrected chi connectivity index (χ4v) is 2.87. The Hall–Kier alpha value is -0.990. The van der Waals surface area contributed by atoms with Gasteiger partial charge in [-0.15, -0.1) is 0 Å². The van der Waals surface area contributed by atoms with E-state index in [1.807, 2.05) is 0 Å². The molecule has 0 unspecified atom stereocenters. The van der Waals surface area contributed by atoms with Crippen molar-refractivity contribution in [2.75, 3.05) is 6.54 Å². The van der Waals surface area contributed by atoms with Crippen molar-refractivity contribution in [1.82, 2.24) is 4.57 Å². The van der Waals surface area contributed by atoms with E-state index in [0.29, 0.717) is 0 Å². The molecule has 1 heterocycles. The van der Waals surface area contributed by atoms with Gasteiger partial charge in [-0.3, -0.25) is 0 Å². The Morgan fingerprint density at radius 1 is 1.16 bits per heavy atom. The number of quaternary nitrogens is 1. The summed E-state index contributed by atoms with van der Waals surface area (Å²) in [6.07, 6.45) is 4.70. The number of rotatable bonds is 6. The Labute approximate surface area is 122 Å². The number of nitrogens with zero attached hydrogens (tertiary/aromatic N) is 1. The molecule has 0 saturated carbocycles. The number of para-hydroxylation sites is 1. The highest BCUT2D eigenvalue weighted by Crippen LogP contribution is 2.28. The molecule has 3 heteroatoms. The molecule has 0 fully saturated rings. The van der Waals surface area contributed by atoms with E-state index >= 15 is 0 Å². The summed E-state index contributed by atoms with van der Waals surface area (Å²) in [6, 6.07) is 8.84. The quantitative estimate of drug-likeness (QED) is 0.760. The summed E-state index contributed by atoms with van der Waals surface area (Å²) in [4.78, 5) is 0. The van der Waals surface area contributed by atoms with Crippen LogP contribution < -0.4 is 18.1 Å². The van der Waals surface area contributed by atoms with Crippen LogP contribution in [0, 0.1) is 0 Å². The number of fused-ring (bicyclic) bond motifs is 1. The lowest BCUT2D eigenvalue weighted by atomic mass is 10.1. The van der Waals surface area contributed by atoms with E-state index in [9.17, 15) is 0 Å². The first-order valence-corrected chi connectivity index (χ1v) is 7.21. The molecule has 0 aliphatic rings. The van der Waals surface area contributed by atoms with Crippen molar-refractivity contribution >= 4 is 10.9 Å². The maximum atomic E-state index is 3.97. The zero-order chi connectivity index (χ0) is 13.0. The smallest absolute Gasteiger partial charge is 0.0757 e. The van der Waals surface area contributed by atoms with Gasteiger partial charge in [-0.2, -0.15) is 0 Å². The highest BCUT2D eigenvalue weighted by molar-refractivity contribution is 5.85. The Morgan fingerprint density at radius 2 is 1.89 bits per heavy atom. The van der Waals surface area contributed by atoms with Crippen LogP contribution in [-0.4, -0.2) is 11.1 Å². The summed E-state index contributed by atoms with van der Waals surface area (Å²) in [5.74, 6) is 0.